The standard InChI is InChI=1S/C11H17NO2/c1-8(2)11(13)10(7-12)9-3-5-14-6-4-9/h8-10H,3-6H2,1-2H3. The van der Waals surface area contributed by atoms with Crippen molar-refractivity contribution in [1.82, 2.24) is 0 Å². The topological polar surface area (TPSA) is 50.1 Å². The molecule has 0 spiro atoms. The van der Waals surface area contributed by atoms with E-state index >= 15 is 0 Å². The van der Waals surface area contributed by atoms with Crippen molar-refractivity contribution >= 4 is 5.78 Å². The van der Waals surface area contributed by atoms with Gasteiger partial charge >= 0.3 is 0 Å². The van der Waals surface area contributed by atoms with E-state index in [0.29, 0.717) is 13.2 Å². The Hall–Kier alpha value is -0.880. The number of carbonyl (C=O) groups excluding carboxylic acids is 1. The van der Waals surface area contributed by atoms with Gasteiger partial charge in [-0.1, -0.05) is 13.8 Å². The van der Waals surface area contributed by atoms with Crippen molar-refractivity contribution in [3.63, 3.8) is 0 Å². The van der Waals surface area contributed by atoms with Crippen molar-refractivity contribution in [2.75, 3.05) is 13.2 Å². The Bertz CT molecular complexity index is 236. The van der Waals surface area contributed by atoms with Gasteiger partial charge in [0, 0.05) is 19.1 Å². The van der Waals surface area contributed by atoms with Gasteiger partial charge in [0.15, 0.2) is 5.78 Å². The molecule has 78 valence electrons. The minimum Gasteiger partial charge on any atom is -0.381 e. The number of ether oxygens (including phenoxy) is 1. The Labute approximate surface area is 85.1 Å². The molecule has 1 fully saturated rings. The Kier molecular flexibility index (Phi) is 4.09. The van der Waals surface area contributed by atoms with Crippen LogP contribution < -0.4 is 0 Å². The van der Waals surface area contributed by atoms with Gasteiger partial charge in [0.1, 0.15) is 5.92 Å². The van der Waals surface area contributed by atoms with Gasteiger partial charge in [0.2, 0.25) is 0 Å². The van der Waals surface area contributed by atoms with Crippen LogP contribution in [-0.4, -0.2) is 19.0 Å². The molecule has 1 heterocycles. The highest BCUT2D eigenvalue weighted by atomic mass is 16.5. The summed E-state index contributed by atoms with van der Waals surface area (Å²) >= 11 is 0. The Morgan fingerprint density at radius 2 is 2.00 bits per heavy atom. The molecule has 0 aliphatic carbocycles. The molecule has 0 aromatic rings. The fourth-order valence-corrected chi connectivity index (χ4v) is 1.81. The summed E-state index contributed by atoms with van der Waals surface area (Å²) in [5.74, 6) is -0.163. The molecule has 0 bridgehead atoms. The number of hydrogen-bond donors (Lipinski definition) is 0. The summed E-state index contributed by atoms with van der Waals surface area (Å²) in [7, 11) is 0. The van der Waals surface area contributed by atoms with Crippen molar-refractivity contribution in [2.24, 2.45) is 17.8 Å². The van der Waals surface area contributed by atoms with Gasteiger partial charge in [-0.15, -0.1) is 0 Å². The lowest BCUT2D eigenvalue weighted by atomic mass is 9.81. The Morgan fingerprint density at radius 1 is 1.43 bits per heavy atom. The molecule has 0 aromatic carbocycles. The van der Waals surface area contributed by atoms with Gasteiger partial charge in [-0.3, -0.25) is 4.79 Å². The van der Waals surface area contributed by atoms with Crippen LogP contribution >= 0.6 is 0 Å². The van der Waals surface area contributed by atoms with Crippen LogP contribution in [0, 0.1) is 29.1 Å². The van der Waals surface area contributed by atoms with Crippen LogP contribution in [0.5, 0.6) is 0 Å². The molecule has 0 amide bonds. The van der Waals surface area contributed by atoms with E-state index in [1.54, 1.807) is 0 Å². The summed E-state index contributed by atoms with van der Waals surface area (Å²) in [4.78, 5) is 11.7. The highest BCUT2D eigenvalue weighted by Gasteiger charge is 2.30. The highest BCUT2D eigenvalue weighted by Crippen LogP contribution is 2.25. The minimum absolute atomic E-state index is 0.0394. The number of ketones is 1. The number of nitrogens with zero attached hydrogens (tertiary/aromatic N) is 1. The summed E-state index contributed by atoms with van der Waals surface area (Å²) in [6.45, 7) is 5.08. The molecule has 1 atom stereocenters. The number of carbonyl (C=O) groups is 1. The predicted octanol–water partition coefficient (Wildman–Crippen LogP) is 1.78. The molecule has 3 nitrogen and oxygen atoms in total. The number of rotatable bonds is 3. The molecule has 1 rings (SSSR count). The van der Waals surface area contributed by atoms with E-state index in [0.717, 1.165) is 12.8 Å². The molecule has 1 aliphatic heterocycles. The molecule has 1 saturated heterocycles. The SMILES string of the molecule is CC(C)C(=O)C(C#N)C1CCOCC1. The first-order valence-corrected chi connectivity index (χ1v) is 5.18. The van der Waals surface area contributed by atoms with E-state index in [9.17, 15) is 4.79 Å². The van der Waals surface area contributed by atoms with Crippen molar-refractivity contribution < 1.29 is 9.53 Å². The number of nitriles is 1. The van der Waals surface area contributed by atoms with Gasteiger partial charge in [-0.05, 0) is 18.8 Å². The van der Waals surface area contributed by atoms with Crippen LogP contribution in [0.4, 0.5) is 0 Å². The summed E-state index contributed by atoms with van der Waals surface area (Å²) in [5, 5.41) is 8.99. The van der Waals surface area contributed by atoms with E-state index in [2.05, 4.69) is 6.07 Å². The lowest BCUT2D eigenvalue weighted by molar-refractivity contribution is -0.126. The molecule has 3 heteroatoms. The monoisotopic (exact) mass is 195 g/mol. The van der Waals surface area contributed by atoms with E-state index in [1.807, 2.05) is 13.8 Å². The second-order valence-corrected chi connectivity index (χ2v) is 4.11. The average molecular weight is 195 g/mol. The molecule has 0 aromatic heterocycles. The summed E-state index contributed by atoms with van der Waals surface area (Å²) in [6, 6.07) is 2.15. The van der Waals surface area contributed by atoms with Crippen molar-refractivity contribution in [3.8, 4) is 6.07 Å². The molecule has 1 unspecified atom stereocenters. The first kappa shape index (κ1) is 11.2. The quantitative estimate of drug-likeness (QED) is 0.689. The van der Waals surface area contributed by atoms with Crippen LogP contribution in [0.2, 0.25) is 0 Å². The number of Topliss-reactive ketones (excluding diaryl/α,β-unsaturated/α-hetero) is 1. The summed E-state index contributed by atoms with van der Waals surface area (Å²) in [6.07, 6.45) is 1.69. The van der Waals surface area contributed by atoms with Gasteiger partial charge in [0.25, 0.3) is 0 Å². The lowest BCUT2D eigenvalue weighted by Gasteiger charge is -2.25. The van der Waals surface area contributed by atoms with Crippen molar-refractivity contribution in [1.29, 1.82) is 5.26 Å². The first-order chi connectivity index (χ1) is 6.66. The zero-order chi connectivity index (χ0) is 10.6. The fourth-order valence-electron chi connectivity index (χ4n) is 1.81. The molecular weight excluding hydrogens is 178 g/mol. The van der Waals surface area contributed by atoms with E-state index in [4.69, 9.17) is 10.00 Å². The normalized spacial score (nSPS) is 20.4. The van der Waals surface area contributed by atoms with Crippen LogP contribution in [-0.2, 0) is 9.53 Å². The summed E-state index contributed by atoms with van der Waals surface area (Å²) < 4.78 is 5.21. The van der Waals surface area contributed by atoms with Crippen molar-refractivity contribution in [2.45, 2.75) is 26.7 Å². The predicted molar refractivity (Wildman–Crippen MR) is 52.5 cm³/mol. The second kappa shape index (κ2) is 5.11. The maximum atomic E-state index is 11.7. The van der Waals surface area contributed by atoms with E-state index in [1.165, 1.54) is 0 Å². The minimum atomic E-state index is -0.418. The fraction of sp³-hybridized carbons (Fsp3) is 0.818. The van der Waals surface area contributed by atoms with Gasteiger partial charge in [-0.25, -0.2) is 0 Å². The second-order valence-electron chi connectivity index (χ2n) is 4.11. The Morgan fingerprint density at radius 3 is 2.43 bits per heavy atom. The van der Waals surface area contributed by atoms with Crippen molar-refractivity contribution in [3.05, 3.63) is 0 Å². The van der Waals surface area contributed by atoms with Gasteiger partial charge in [0.05, 0.1) is 6.07 Å². The lowest BCUT2D eigenvalue weighted by Crippen LogP contribution is -2.30. The third-order valence-corrected chi connectivity index (χ3v) is 2.75. The van der Waals surface area contributed by atoms with Crippen LogP contribution in [0.1, 0.15) is 26.7 Å². The molecular formula is C11H17NO2. The molecule has 14 heavy (non-hydrogen) atoms. The maximum Gasteiger partial charge on any atom is 0.152 e. The smallest absolute Gasteiger partial charge is 0.152 e. The molecule has 1 aliphatic rings. The molecule has 0 N–H and O–H groups in total. The molecule has 0 radical (unpaired) electrons. The van der Waals surface area contributed by atoms with Gasteiger partial charge in [-0.2, -0.15) is 5.26 Å². The summed E-state index contributed by atoms with van der Waals surface area (Å²) in [5.41, 5.74) is 0. The Balaban J connectivity index is 2.61. The van der Waals surface area contributed by atoms with Crippen LogP contribution in [0.15, 0.2) is 0 Å². The van der Waals surface area contributed by atoms with Gasteiger partial charge < -0.3 is 4.74 Å². The third-order valence-electron chi connectivity index (χ3n) is 2.75. The maximum absolute atomic E-state index is 11.7. The zero-order valence-electron chi connectivity index (χ0n) is 8.82. The highest BCUT2D eigenvalue weighted by molar-refractivity contribution is 5.85. The zero-order valence-corrected chi connectivity index (χ0v) is 8.82. The largest absolute Gasteiger partial charge is 0.381 e. The third kappa shape index (κ3) is 2.55. The average Bonchev–Trinajstić information content (AvgIpc) is 2.20. The van der Waals surface area contributed by atoms with E-state index in [-0.39, 0.29) is 17.6 Å². The number of hydrogen-bond acceptors (Lipinski definition) is 3. The first-order valence-electron chi connectivity index (χ1n) is 5.18. The van der Waals surface area contributed by atoms with E-state index < -0.39 is 5.92 Å². The molecule has 0 saturated carbocycles. The van der Waals surface area contributed by atoms with Crippen LogP contribution in [0.25, 0.3) is 0 Å². The van der Waals surface area contributed by atoms with Crippen LogP contribution in [0.3, 0.4) is 0 Å².